The molecule has 0 aromatic rings. The van der Waals surface area contributed by atoms with Crippen LogP contribution in [0.3, 0.4) is 0 Å². The average Bonchev–Trinajstić information content (AvgIpc) is 3.06. The number of nitrogens with zero attached hydrogens (tertiary/aromatic N) is 1. The summed E-state index contributed by atoms with van der Waals surface area (Å²) in [6, 6.07) is 0.610. The van der Waals surface area contributed by atoms with E-state index in [0.717, 1.165) is 25.5 Å². The molecule has 0 aromatic carbocycles. The van der Waals surface area contributed by atoms with Crippen molar-refractivity contribution in [1.29, 1.82) is 0 Å². The molecule has 3 aliphatic rings. The molecular formula is C14H23NO2. The summed E-state index contributed by atoms with van der Waals surface area (Å²) in [6.07, 6.45) is 7.68. The monoisotopic (exact) mass is 237 g/mol. The second-order valence-electron chi connectivity index (χ2n) is 5.58. The second kappa shape index (κ2) is 5.09. The molecule has 1 heterocycles. The summed E-state index contributed by atoms with van der Waals surface area (Å²) in [6.45, 7) is 7.65. The zero-order chi connectivity index (χ0) is 11.7. The summed E-state index contributed by atoms with van der Waals surface area (Å²) in [5.41, 5.74) is 0. The molecule has 0 N–H and O–H groups in total. The van der Waals surface area contributed by atoms with Crippen LogP contribution in [-0.4, -0.2) is 49.5 Å². The van der Waals surface area contributed by atoms with Gasteiger partial charge in [0.15, 0.2) is 0 Å². The van der Waals surface area contributed by atoms with Gasteiger partial charge < -0.3 is 9.47 Å². The predicted molar refractivity (Wildman–Crippen MR) is 67.0 cm³/mol. The molecule has 0 amide bonds. The van der Waals surface area contributed by atoms with E-state index < -0.39 is 0 Å². The van der Waals surface area contributed by atoms with E-state index in [-0.39, 0.29) is 0 Å². The molecule has 3 fully saturated rings. The zero-order valence-corrected chi connectivity index (χ0v) is 10.5. The second-order valence-corrected chi connectivity index (χ2v) is 5.58. The third kappa shape index (κ3) is 2.56. The molecule has 1 aliphatic heterocycles. The molecule has 96 valence electrons. The van der Waals surface area contributed by atoms with Crippen molar-refractivity contribution in [2.45, 2.75) is 43.9 Å². The van der Waals surface area contributed by atoms with Crippen molar-refractivity contribution < 1.29 is 9.47 Å². The number of rotatable bonds is 5. The molecule has 3 nitrogen and oxygen atoms in total. The maximum atomic E-state index is 5.94. The Balaban J connectivity index is 1.58. The van der Waals surface area contributed by atoms with Crippen LogP contribution < -0.4 is 0 Å². The van der Waals surface area contributed by atoms with Crippen LogP contribution >= 0.6 is 0 Å². The maximum absolute atomic E-state index is 5.94. The number of hydrogen-bond donors (Lipinski definition) is 0. The summed E-state index contributed by atoms with van der Waals surface area (Å²) < 4.78 is 11.8. The number of ether oxygens (including phenoxy) is 2. The quantitative estimate of drug-likeness (QED) is 0.681. The van der Waals surface area contributed by atoms with E-state index in [2.05, 4.69) is 11.5 Å². The Morgan fingerprint density at radius 3 is 2.94 bits per heavy atom. The van der Waals surface area contributed by atoms with Crippen molar-refractivity contribution in [3.63, 3.8) is 0 Å². The van der Waals surface area contributed by atoms with E-state index in [9.17, 15) is 0 Å². The standard InChI is InChI=1S/C14H23NO2/c1-2-8-16-13-6-5-12-14(13)17-9-7-15(12)10-11-3-4-11/h2,11-14H,1,3-10H2/t12-,13+,14+/m0/s1. The molecule has 3 atom stereocenters. The van der Waals surface area contributed by atoms with Gasteiger partial charge in [-0.25, -0.2) is 0 Å². The maximum Gasteiger partial charge on any atom is 0.0992 e. The first-order chi connectivity index (χ1) is 8.38. The lowest BCUT2D eigenvalue weighted by Crippen LogP contribution is -2.52. The smallest absolute Gasteiger partial charge is 0.0992 e. The van der Waals surface area contributed by atoms with Gasteiger partial charge in [0.05, 0.1) is 25.4 Å². The predicted octanol–water partition coefficient (Wildman–Crippen LogP) is 1.83. The third-order valence-electron chi connectivity index (χ3n) is 4.27. The number of fused-ring (bicyclic) bond motifs is 1. The van der Waals surface area contributed by atoms with Crippen molar-refractivity contribution in [2.75, 3.05) is 26.3 Å². The molecule has 0 aromatic heterocycles. The van der Waals surface area contributed by atoms with Gasteiger partial charge in [-0.1, -0.05) is 6.08 Å². The summed E-state index contributed by atoms with van der Waals surface area (Å²) in [5, 5.41) is 0. The molecule has 0 bridgehead atoms. The Kier molecular flexibility index (Phi) is 3.50. The van der Waals surface area contributed by atoms with Gasteiger partial charge in [-0.15, -0.1) is 6.58 Å². The first kappa shape index (κ1) is 11.7. The molecule has 2 saturated carbocycles. The lowest BCUT2D eigenvalue weighted by Gasteiger charge is -2.39. The van der Waals surface area contributed by atoms with Gasteiger partial charge in [0, 0.05) is 19.1 Å². The van der Waals surface area contributed by atoms with E-state index in [1.54, 1.807) is 0 Å². The first-order valence-electron chi connectivity index (χ1n) is 6.96. The minimum absolute atomic E-state index is 0.292. The topological polar surface area (TPSA) is 21.7 Å². The average molecular weight is 237 g/mol. The van der Waals surface area contributed by atoms with Gasteiger partial charge in [-0.2, -0.15) is 0 Å². The summed E-state index contributed by atoms with van der Waals surface area (Å²) in [7, 11) is 0. The Bertz CT molecular complexity index is 277. The van der Waals surface area contributed by atoms with Crippen LogP contribution in [0.1, 0.15) is 25.7 Å². The van der Waals surface area contributed by atoms with E-state index in [1.165, 1.54) is 25.8 Å². The van der Waals surface area contributed by atoms with Gasteiger partial charge in [0.2, 0.25) is 0 Å². The van der Waals surface area contributed by atoms with Crippen molar-refractivity contribution in [3.05, 3.63) is 12.7 Å². The lowest BCUT2D eigenvalue weighted by atomic mass is 10.1. The SMILES string of the molecule is C=CCO[C@@H]1CC[C@H]2[C@H]1OCCN2CC1CC1. The minimum Gasteiger partial charge on any atom is -0.373 e. The zero-order valence-electron chi connectivity index (χ0n) is 10.5. The van der Waals surface area contributed by atoms with Gasteiger partial charge in [0.25, 0.3) is 0 Å². The Morgan fingerprint density at radius 1 is 1.29 bits per heavy atom. The highest BCUT2D eigenvalue weighted by molar-refractivity contribution is 4.97. The Labute approximate surface area is 104 Å². The minimum atomic E-state index is 0.292. The van der Waals surface area contributed by atoms with Crippen LogP contribution in [0.4, 0.5) is 0 Å². The number of hydrogen-bond acceptors (Lipinski definition) is 3. The van der Waals surface area contributed by atoms with E-state index in [4.69, 9.17) is 9.47 Å². The van der Waals surface area contributed by atoms with E-state index >= 15 is 0 Å². The fourth-order valence-corrected chi connectivity index (χ4v) is 3.22. The van der Waals surface area contributed by atoms with E-state index in [1.807, 2.05) is 6.08 Å². The van der Waals surface area contributed by atoms with Gasteiger partial charge >= 0.3 is 0 Å². The molecule has 2 aliphatic carbocycles. The van der Waals surface area contributed by atoms with Crippen molar-refractivity contribution in [1.82, 2.24) is 4.90 Å². The normalized spacial score (nSPS) is 38.0. The molecule has 0 spiro atoms. The number of morpholine rings is 1. The Morgan fingerprint density at radius 2 is 2.18 bits per heavy atom. The van der Waals surface area contributed by atoms with Crippen LogP contribution in [-0.2, 0) is 9.47 Å². The van der Waals surface area contributed by atoms with Crippen LogP contribution in [0, 0.1) is 5.92 Å². The highest BCUT2D eigenvalue weighted by atomic mass is 16.5. The molecule has 0 radical (unpaired) electrons. The highest BCUT2D eigenvalue weighted by Crippen LogP contribution is 2.36. The van der Waals surface area contributed by atoms with Gasteiger partial charge in [-0.05, 0) is 31.6 Å². The summed E-state index contributed by atoms with van der Waals surface area (Å²) >= 11 is 0. The first-order valence-corrected chi connectivity index (χ1v) is 6.96. The molecule has 17 heavy (non-hydrogen) atoms. The van der Waals surface area contributed by atoms with Crippen LogP contribution in [0.25, 0.3) is 0 Å². The van der Waals surface area contributed by atoms with Crippen LogP contribution in [0.5, 0.6) is 0 Å². The van der Waals surface area contributed by atoms with E-state index in [0.29, 0.717) is 24.9 Å². The fourth-order valence-electron chi connectivity index (χ4n) is 3.22. The van der Waals surface area contributed by atoms with Crippen LogP contribution in [0.2, 0.25) is 0 Å². The molecule has 3 heteroatoms. The Hall–Kier alpha value is -0.380. The highest BCUT2D eigenvalue weighted by Gasteiger charge is 2.44. The molecule has 0 unspecified atom stereocenters. The van der Waals surface area contributed by atoms with Crippen LogP contribution in [0.15, 0.2) is 12.7 Å². The third-order valence-corrected chi connectivity index (χ3v) is 4.27. The molecular weight excluding hydrogens is 214 g/mol. The van der Waals surface area contributed by atoms with Gasteiger partial charge in [0.1, 0.15) is 0 Å². The molecule has 3 rings (SSSR count). The van der Waals surface area contributed by atoms with Crippen molar-refractivity contribution >= 4 is 0 Å². The van der Waals surface area contributed by atoms with Crippen molar-refractivity contribution in [3.8, 4) is 0 Å². The summed E-state index contributed by atoms with van der Waals surface area (Å²) in [4.78, 5) is 2.66. The largest absolute Gasteiger partial charge is 0.373 e. The molecule has 1 saturated heterocycles. The fraction of sp³-hybridized carbons (Fsp3) is 0.857. The van der Waals surface area contributed by atoms with Gasteiger partial charge in [-0.3, -0.25) is 4.90 Å². The lowest BCUT2D eigenvalue weighted by molar-refractivity contribution is -0.110. The summed E-state index contributed by atoms with van der Waals surface area (Å²) in [5.74, 6) is 0.974. The van der Waals surface area contributed by atoms with Crippen molar-refractivity contribution in [2.24, 2.45) is 5.92 Å².